The molecule has 19 heavy (non-hydrogen) atoms. The summed E-state index contributed by atoms with van der Waals surface area (Å²) >= 11 is 3.22. The molecule has 0 bridgehead atoms. The third-order valence-electron chi connectivity index (χ3n) is 2.89. The molecule has 3 rings (SSSR count). The summed E-state index contributed by atoms with van der Waals surface area (Å²) in [5, 5.41) is 3.19. The van der Waals surface area contributed by atoms with Gasteiger partial charge in [0.25, 0.3) is 0 Å². The van der Waals surface area contributed by atoms with Crippen LogP contribution in [0, 0.1) is 0 Å². The third kappa shape index (κ3) is 2.72. The molecule has 0 radical (unpaired) electrons. The van der Waals surface area contributed by atoms with Crippen LogP contribution in [0.1, 0.15) is 10.4 Å². The summed E-state index contributed by atoms with van der Waals surface area (Å²) in [6.45, 7) is 0. The van der Waals surface area contributed by atoms with E-state index in [9.17, 15) is 4.79 Å². The van der Waals surface area contributed by atoms with Crippen molar-refractivity contribution in [3.05, 3.63) is 65.5 Å². The van der Waals surface area contributed by atoms with Crippen LogP contribution in [0.5, 0.6) is 0 Å². The van der Waals surface area contributed by atoms with E-state index in [1.807, 2.05) is 53.9 Å². The SMILES string of the molecule is O=C(CSc1ccccc1)c1cccc2ccsc12. The van der Waals surface area contributed by atoms with Gasteiger partial charge >= 0.3 is 0 Å². The Balaban J connectivity index is 1.79. The van der Waals surface area contributed by atoms with E-state index in [4.69, 9.17) is 0 Å². The predicted octanol–water partition coefficient (Wildman–Crippen LogP) is 4.88. The molecule has 0 N–H and O–H groups in total. The number of carbonyl (C=O) groups excluding carboxylic acids is 1. The molecule has 3 aromatic rings. The molecular formula is C16H12OS2. The van der Waals surface area contributed by atoms with Crippen molar-refractivity contribution in [1.29, 1.82) is 0 Å². The van der Waals surface area contributed by atoms with E-state index < -0.39 is 0 Å². The zero-order chi connectivity index (χ0) is 13.1. The standard InChI is InChI=1S/C16H12OS2/c17-15(11-19-13-6-2-1-3-7-13)14-8-4-5-12-9-10-18-16(12)14/h1-10H,11H2. The summed E-state index contributed by atoms with van der Waals surface area (Å²) in [5.41, 5.74) is 0.843. The number of hydrogen-bond acceptors (Lipinski definition) is 3. The van der Waals surface area contributed by atoms with Crippen LogP contribution in [-0.2, 0) is 0 Å². The molecule has 0 unspecified atom stereocenters. The van der Waals surface area contributed by atoms with Gasteiger partial charge < -0.3 is 0 Å². The summed E-state index contributed by atoms with van der Waals surface area (Å²) < 4.78 is 1.10. The largest absolute Gasteiger partial charge is 0.293 e. The van der Waals surface area contributed by atoms with Crippen LogP contribution in [0.2, 0.25) is 0 Å². The van der Waals surface area contributed by atoms with Gasteiger partial charge in [-0.1, -0.05) is 30.3 Å². The lowest BCUT2D eigenvalue weighted by atomic mass is 10.1. The van der Waals surface area contributed by atoms with E-state index in [1.54, 1.807) is 23.1 Å². The Morgan fingerprint density at radius 3 is 2.68 bits per heavy atom. The second-order valence-corrected chi connectivity index (χ2v) is 6.13. The molecule has 0 aliphatic heterocycles. The predicted molar refractivity (Wildman–Crippen MR) is 83.3 cm³/mol. The number of rotatable bonds is 4. The first kappa shape index (κ1) is 12.5. The maximum atomic E-state index is 12.3. The van der Waals surface area contributed by atoms with Crippen LogP contribution in [0.25, 0.3) is 10.1 Å². The summed E-state index contributed by atoms with van der Waals surface area (Å²) in [5.74, 6) is 0.683. The Kier molecular flexibility index (Phi) is 3.67. The van der Waals surface area contributed by atoms with Crippen LogP contribution in [-0.4, -0.2) is 11.5 Å². The topological polar surface area (TPSA) is 17.1 Å². The van der Waals surface area contributed by atoms with Crippen molar-refractivity contribution in [2.24, 2.45) is 0 Å². The van der Waals surface area contributed by atoms with Crippen molar-refractivity contribution in [2.75, 3.05) is 5.75 Å². The Labute approximate surface area is 120 Å². The lowest BCUT2D eigenvalue weighted by Crippen LogP contribution is -2.02. The van der Waals surface area contributed by atoms with E-state index >= 15 is 0 Å². The summed E-state index contributed by atoms with van der Waals surface area (Å²) in [6, 6.07) is 18.0. The minimum Gasteiger partial charge on any atom is -0.293 e. The molecule has 0 atom stereocenters. The van der Waals surface area contributed by atoms with Crippen molar-refractivity contribution in [3.63, 3.8) is 0 Å². The van der Waals surface area contributed by atoms with Gasteiger partial charge in [0.15, 0.2) is 5.78 Å². The number of Topliss-reactive ketones (excluding diaryl/α,β-unsaturated/α-hetero) is 1. The first-order chi connectivity index (χ1) is 9.34. The van der Waals surface area contributed by atoms with Gasteiger partial charge in [-0.15, -0.1) is 23.1 Å². The highest BCUT2D eigenvalue weighted by molar-refractivity contribution is 8.00. The van der Waals surface area contributed by atoms with Crippen LogP contribution in [0.3, 0.4) is 0 Å². The normalized spacial score (nSPS) is 10.7. The van der Waals surface area contributed by atoms with Crippen molar-refractivity contribution >= 4 is 39.0 Å². The molecule has 1 heterocycles. The van der Waals surface area contributed by atoms with Gasteiger partial charge in [-0.2, -0.15) is 0 Å². The molecule has 1 aromatic heterocycles. The maximum Gasteiger partial charge on any atom is 0.174 e. The highest BCUT2D eigenvalue weighted by atomic mass is 32.2. The van der Waals surface area contributed by atoms with E-state index in [0.29, 0.717) is 5.75 Å². The van der Waals surface area contributed by atoms with Crippen molar-refractivity contribution in [2.45, 2.75) is 4.90 Å². The van der Waals surface area contributed by atoms with E-state index in [1.165, 1.54) is 0 Å². The molecule has 0 saturated carbocycles. The van der Waals surface area contributed by atoms with Crippen molar-refractivity contribution in [3.8, 4) is 0 Å². The van der Waals surface area contributed by atoms with Crippen molar-refractivity contribution in [1.82, 2.24) is 0 Å². The number of hydrogen-bond donors (Lipinski definition) is 0. The number of thioether (sulfide) groups is 1. The van der Waals surface area contributed by atoms with E-state index in [0.717, 1.165) is 20.5 Å². The molecule has 94 valence electrons. The molecule has 2 aromatic carbocycles. The molecule has 1 nitrogen and oxygen atoms in total. The van der Waals surface area contributed by atoms with Gasteiger partial charge in [0.1, 0.15) is 0 Å². The van der Waals surface area contributed by atoms with Gasteiger partial charge in [0.05, 0.1) is 5.75 Å². The fourth-order valence-corrected chi connectivity index (χ4v) is 3.69. The Morgan fingerprint density at radius 1 is 1.00 bits per heavy atom. The van der Waals surface area contributed by atoms with Gasteiger partial charge in [-0.3, -0.25) is 4.79 Å². The molecule has 0 spiro atoms. The minimum atomic E-state index is 0.196. The average Bonchev–Trinajstić information content (AvgIpc) is 2.94. The first-order valence-electron chi connectivity index (χ1n) is 6.02. The Hall–Kier alpha value is -1.58. The minimum absolute atomic E-state index is 0.196. The summed E-state index contributed by atoms with van der Waals surface area (Å²) in [4.78, 5) is 13.4. The molecule has 0 saturated heterocycles. The number of carbonyl (C=O) groups is 1. The number of fused-ring (bicyclic) bond motifs is 1. The molecule has 3 heteroatoms. The lowest BCUT2D eigenvalue weighted by molar-refractivity contribution is 0.102. The molecule has 0 fully saturated rings. The molecule has 0 amide bonds. The van der Waals surface area contributed by atoms with Crippen LogP contribution in [0.15, 0.2) is 64.9 Å². The fourth-order valence-electron chi connectivity index (χ4n) is 1.96. The number of ketones is 1. The smallest absolute Gasteiger partial charge is 0.174 e. The Morgan fingerprint density at radius 2 is 1.84 bits per heavy atom. The highest BCUT2D eigenvalue weighted by Gasteiger charge is 2.11. The molecule has 0 aliphatic rings. The number of thiophene rings is 1. The Bertz CT molecular complexity index is 701. The van der Waals surface area contributed by atoms with Gasteiger partial charge in [0, 0.05) is 15.2 Å². The fraction of sp³-hybridized carbons (Fsp3) is 0.0625. The zero-order valence-electron chi connectivity index (χ0n) is 10.2. The molecular weight excluding hydrogens is 272 g/mol. The lowest BCUT2D eigenvalue weighted by Gasteiger charge is -2.03. The van der Waals surface area contributed by atoms with Crippen LogP contribution >= 0.6 is 23.1 Å². The summed E-state index contributed by atoms with van der Waals surface area (Å²) in [6.07, 6.45) is 0. The summed E-state index contributed by atoms with van der Waals surface area (Å²) in [7, 11) is 0. The third-order valence-corrected chi connectivity index (χ3v) is 4.87. The van der Waals surface area contributed by atoms with Gasteiger partial charge in [-0.05, 0) is 35.0 Å². The van der Waals surface area contributed by atoms with Crippen LogP contribution in [0.4, 0.5) is 0 Å². The second kappa shape index (κ2) is 5.59. The first-order valence-corrected chi connectivity index (χ1v) is 7.88. The van der Waals surface area contributed by atoms with Gasteiger partial charge in [-0.25, -0.2) is 0 Å². The van der Waals surface area contributed by atoms with Crippen LogP contribution < -0.4 is 0 Å². The van der Waals surface area contributed by atoms with Crippen molar-refractivity contribution < 1.29 is 4.79 Å². The monoisotopic (exact) mass is 284 g/mol. The number of benzene rings is 2. The van der Waals surface area contributed by atoms with E-state index in [-0.39, 0.29) is 5.78 Å². The van der Waals surface area contributed by atoms with E-state index in [2.05, 4.69) is 6.07 Å². The zero-order valence-corrected chi connectivity index (χ0v) is 11.8. The molecule has 0 aliphatic carbocycles. The second-order valence-electron chi connectivity index (χ2n) is 4.17. The van der Waals surface area contributed by atoms with Gasteiger partial charge in [0.2, 0.25) is 0 Å². The average molecular weight is 284 g/mol. The maximum absolute atomic E-state index is 12.3. The quantitative estimate of drug-likeness (QED) is 0.502. The highest BCUT2D eigenvalue weighted by Crippen LogP contribution is 2.27.